The lowest BCUT2D eigenvalue weighted by atomic mass is 9.96. The van der Waals surface area contributed by atoms with E-state index in [2.05, 4.69) is 0 Å². The molecule has 3 unspecified atom stereocenters. The average molecular weight is 173 g/mol. The van der Waals surface area contributed by atoms with Gasteiger partial charge < -0.3 is 21.9 Å². The van der Waals surface area contributed by atoms with E-state index in [-0.39, 0.29) is 24.3 Å². The minimum atomic E-state index is -0.0417. The van der Waals surface area contributed by atoms with Crippen molar-refractivity contribution in [2.75, 3.05) is 6.54 Å². The van der Waals surface area contributed by atoms with Crippen LogP contribution in [0.2, 0.25) is 0 Å². The van der Waals surface area contributed by atoms with Gasteiger partial charge in [-0.05, 0) is 19.8 Å². The molecule has 4 heteroatoms. The van der Waals surface area contributed by atoms with E-state index in [0.717, 1.165) is 12.8 Å². The number of hydrogen-bond donors (Lipinski definition) is 3. The Balaban J connectivity index is 2.39. The Morgan fingerprint density at radius 2 is 2.17 bits per heavy atom. The molecule has 0 spiro atoms. The van der Waals surface area contributed by atoms with Gasteiger partial charge in [0.1, 0.15) is 0 Å². The first-order valence-electron chi connectivity index (χ1n) is 4.52. The molecule has 0 saturated carbocycles. The Morgan fingerprint density at radius 3 is 2.67 bits per heavy atom. The molecule has 0 amide bonds. The SMILES string of the molecule is C[C@H]1OC(C(N)CN)CCC1N. The summed E-state index contributed by atoms with van der Waals surface area (Å²) in [5.41, 5.74) is 17.0. The topological polar surface area (TPSA) is 87.3 Å². The lowest BCUT2D eigenvalue weighted by Crippen LogP contribution is -2.51. The maximum atomic E-state index is 5.79. The monoisotopic (exact) mass is 173 g/mol. The van der Waals surface area contributed by atoms with Crippen molar-refractivity contribution in [2.45, 2.75) is 44.1 Å². The fraction of sp³-hybridized carbons (Fsp3) is 1.00. The second kappa shape index (κ2) is 4.18. The van der Waals surface area contributed by atoms with Crippen molar-refractivity contribution in [1.29, 1.82) is 0 Å². The van der Waals surface area contributed by atoms with E-state index in [1.807, 2.05) is 6.92 Å². The standard InChI is InChI=1S/C8H19N3O/c1-5-6(10)2-3-8(12-5)7(11)4-9/h5-8H,2-4,9-11H2,1H3/t5-,6?,7?,8?/m1/s1. The van der Waals surface area contributed by atoms with Crippen LogP contribution in [0.4, 0.5) is 0 Å². The Bertz CT molecular complexity index is 142. The lowest BCUT2D eigenvalue weighted by molar-refractivity contribution is -0.0606. The van der Waals surface area contributed by atoms with Gasteiger partial charge in [-0.3, -0.25) is 0 Å². The van der Waals surface area contributed by atoms with Crippen molar-refractivity contribution in [3.8, 4) is 0 Å². The highest BCUT2D eigenvalue weighted by Gasteiger charge is 2.28. The van der Waals surface area contributed by atoms with Crippen LogP contribution >= 0.6 is 0 Å². The first-order valence-corrected chi connectivity index (χ1v) is 4.52. The maximum Gasteiger partial charge on any atom is 0.0743 e. The summed E-state index contributed by atoms with van der Waals surface area (Å²) < 4.78 is 5.62. The lowest BCUT2D eigenvalue weighted by Gasteiger charge is -2.35. The summed E-state index contributed by atoms with van der Waals surface area (Å²) >= 11 is 0. The van der Waals surface area contributed by atoms with Crippen LogP contribution in [0, 0.1) is 0 Å². The van der Waals surface area contributed by atoms with Gasteiger partial charge in [0.15, 0.2) is 0 Å². The van der Waals surface area contributed by atoms with E-state index in [9.17, 15) is 0 Å². The van der Waals surface area contributed by atoms with Crippen LogP contribution in [0.1, 0.15) is 19.8 Å². The van der Waals surface area contributed by atoms with Gasteiger partial charge in [-0.1, -0.05) is 0 Å². The van der Waals surface area contributed by atoms with Crippen molar-refractivity contribution in [3.63, 3.8) is 0 Å². The molecule has 1 rings (SSSR count). The quantitative estimate of drug-likeness (QED) is 0.508. The molecule has 1 aliphatic rings. The van der Waals surface area contributed by atoms with Gasteiger partial charge in [-0.15, -0.1) is 0 Å². The van der Waals surface area contributed by atoms with Crippen LogP contribution in [-0.2, 0) is 4.74 Å². The van der Waals surface area contributed by atoms with Gasteiger partial charge in [-0.25, -0.2) is 0 Å². The minimum absolute atomic E-state index is 0.0417. The summed E-state index contributed by atoms with van der Waals surface area (Å²) in [6.07, 6.45) is 2.13. The minimum Gasteiger partial charge on any atom is -0.372 e. The smallest absolute Gasteiger partial charge is 0.0743 e. The highest BCUT2D eigenvalue weighted by Crippen LogP contribution is 2.19. The molecular formula is C8H19N3O. The Kier molecular flexibility index (Phi) is 3.46. The Morgan fingerprint density at radius 1 is 1.50 bits per heavy atom. The highest BCUT2D eigenvalue weighted by molar-refractivity contribution is 4.84. The van der Waals surface area contributed by atoms with E-state index >= 15 is 0 Å². The van der Waals surface area contributed by atoms with E-state index in [0.29, 0.717) is 6.54 Å². The van der Waals surface area contributed by atoms with E-state index in [1.54, 1.807) is 0 Å². The molecule has 0 aromatic carbocycles. The molecule has 72 valence electrons. The van der Waals surface area contributed by atoms with Crippen LogP contribution in [0.25, 0.3) is 0 Å². The number of rotatable bonds is 2. The molecular weight excluding hydrogens is 154 g/mol. The third-order valence-electron chi connectivity index (χ3n) is 2.53. The van der Waals surface area contributed by atoms with E-state index in [4.69, 9.17) is 21.9 Å². The maximum absolute atomic E-state index is 5.79. The van der Waals surface area contributed by atoms with Crippen LogP contribution in [0.5, 0.6) is 0 Å². The highest BCUT2D eigenvalue weighted by atomic mass is 16.5. The zero-order valence-electron chi connectivity index (χ0n) is 7.57. The van der Waals surface area contributed by atoms with Gasteiger partial charge in [0.05, 0.1) is 12.2 Å². The predicted molar refractivity (Wildman–Crippen MR) is 48.6 cm³/mol. The molecule has 6 N–H and O–H groups in total. The molecule has 0 aromatic heterocycles. The van der Waals surface area contributed by atoms with E-state index < -0.39 is 0 Å². The van der Waals surface area contributed by atoms with Crippen molar-refractivity contribution in [1.82, 2.24) is 0 Å². The number of nitrogens with two attached hydrogens (primary N) is 3. The molecule has 1 fully saturated rings. The van der Waals surface area contributed by atoms with Crippen LogP contribution in [-0.4, -0.2) is 30.8 Å². The van der Waals surface area contributed by atoms with Crippen LogP contribution < -0.4 is 17.2 Å². The molecule has 0 aromatic rings. The second-order valence-electron chi connectivity index (χ2n) is 3.52. The van der Waals surface area contributed by atoms with Crippen molar-refractivity contribution in [2.24, 2.45) is 17.2 Å². The molecule has 0 radical (unpaired) electrons. The second-order valence-corrected chi connectivity index (χ2v) is 3.52. The summed E-state index contributed by atoms with van der Waals surface area (Å²) in [5.74, 6) is 0. The molecule has 1 aliphatic heterocycles. The fourth-order valence-electron chi connectivity index (χ4n) is 1.50. The zero-order valence-corrected chi connectivity index (χ0v) is 7.57. The van der Waals surface area contributed by atoms with Gasteiger partial charge in [-0.2, -0.15) is 0 Å². The molecule has 12 heavy (non-hydrogen) atoms. The number of ether oxygens (including phenoxy) is 1. The summed E-state index contributed by atoms with van der Waals surface area (Å²) in [7, 11) is 0. The fourth-order valence-corrected chi connectivity index (χ4v) is 1.50. The van der Waals surface area contributed by atoms with E-state index in [1.165, 1.54) is 0 Å². The largest absolute Gasteiger partial charge is 0.372 e. The van der Waals surface area contributed by atoms with Crippen molar-refractivity contribution < 1.29 is 4.74 Å². The molecule has 4 atom stereocenters. The van der Waals surface area contributed by atoms with Crippen molar-refractivity contribution >= 4 is 0 Å². The van der Waals surface area contributed by atoms with Crippen molar-refractivity contribution in [3.05, 3.63) is 0 Å². The third kappa shape index (κ3) is 2.17. The van der Waals surface area contributed by atoms with Gasteiger partial charge in [0.2, 0.25) is 0 Å². The third-order valence-corrected chi connectivity index (χ3v) is 2.53. The van der Waals surface area contributed by atoms with Crippen LogP contribution in [0.3, 0.4) is 0 Å². The summed E-state index contributed by atoms with van der Waals surface area (Å²) in [4.78, 5) is 0. The molecule has 4 nitrogen and oxygen atoms in total. The van der Waals surface area contributed by atoms with Gasteiger partial charge in [0.25, 0.3) is 0 Å². The predicted octanol–water partition coefficient (Wildman–Crippen LogP) is -0.833. The summed E-state index contributed by atoms with van der Waals surface area (Å²) in [6.45, 7) is 2.46. The average Bonchev–Trinajstić information content (AvgIpc) is 2.08. The van der Waals surface area contributed by atoms with Crippen LogP contribution in [0.15, 0.2) is 0 Å². The summed E-state index contributed by atoms with van der Waals surface area (Å²) in [5, 5.41) is 0. The Labute approximate surface area is 73.4 Å². The van der Waals surface area contributed by atoms with Gasteiger partial charge in [0, 0.05) is 18.6 Å². The molecule has 0 bridgehead atoms. The first kappa shape index (κ1) is 9.92. The zero-order chi connectivity index (χ0) is 9.14. The molecule has 1 heterocycles. The Hall–Kier alpha value is -0.160. The summed E-state index contributed by atoms with van der Waals surface area (Å²) in [6, 6.07) is 0.117. The normalized spacial score (nSPS) is 39.5. The number of hydrogen-bond acceptors (Lipinski definition) is 4. The molecule has 1 saturated heterocycles. The van der Waals surface area contributed by atoms with Gasteiger partial charge >= 0.3 is 0 Å². The molecule has 0 aliphatic carbocycles. The first-order chi connectivity index (χ1) is 5.65.